The summed E-state index contributed by atoms with van der Waals surface area (Å²) in [6.45, 7) is 7.86. The largest absolute Gasteiger partial charge is 0.461 e. The monoisotopic (exact) mass is 435 g/mol. The van der Waals surface area contributed by atoms with Gasteiger partial charge in [0.1, 0.15) is 11.3 Å². The Morgan fingerprint density at radius 2 is 1.75 bits per heavy atom. The van der Waals surface area contributed by atoms with E-state index in [1.54, 1.807) is 0 Å². The Bertz CT molecular complexity index is 953. The van der Waals surface area contributed by atoms with Gasteiger partial charge in [-0.05, 0) is 86.8 Å². The van der Waals surface area contributed by atoms with E-state index in [2.05, 4.69) is 33.3 Å². The van der Waals surface area contributed by atoms with E-state index in [9.17, 15) is 4.79 Å². The molecule has 4 aliphatic carbocycles. The fourth-order valence-corrected chi connectivity index (χ4v) is 7.92. The number of nitrogens with one attached hydrogen (secondary N) is 1. The highest BCUT2D eigenvalue weighted by Crippen LogP contribution is 2.61. The highest BCUT2D eigenvalue weighted by molar-refractivity contribution is 5.91. The van der Waals surface area contributed by atoms with Crippen molar-refractivity contribution < 1.29 is 9.21 Å². The molecule has 1 aliphatic heterocycles. The van der Waals surface area contributed by atoms with Gasteiger partial charge in [-0.3, -0.25) is 9.69 Å². The van der Waals surface area contributed by atoms with Crippen LogP contribution in [0.2, 0.25) is 0 Å². The number of hydrogen-bond acceptors (Lipinski definition) is 4. The van der Waals surface area contributed by atoms with E-state index in [4.69, 9.17) is 4.42 Å². The normalized spacial score (nSPS) is 32.0. The van der Waals surface area contributed by atoms with Crippen LogP contribution in [0.4, 0.5) is 5.69 Å². The zero-order valence-corrected chi connectivity index (χ0v) is 19.4. The molecule has 1 saturated heterocycles. The van der Waals surface area contributed by atoms with Crippen LogP contribution in [0.3, 0.4) is 0 Å². The zero-order chi connectivity index (χ0) is 21.7. The smallest absolute Gasteiger partial charge is 0.220 e. The molecule has 172 valence electrons. The molecular weight excluding hydrogens is 398 g/mol. The fourth-order valence-electron chi connectivity index (χ4n) is 7.92. The van der Waals surface area contributed by atoms with Crippen molar-refractivity contribution in [3.8, 4) is 0 Å². The van der Waals surface area contributed by atoms with Gasteiger partial charge in [0.15, 0.2) is 0 Å². The second kappa shape index (κ2) is 8.09. The van der Waals surface area contributed by atoms with Crippen LogP contribution in [0, 0.1) is 30.1 Å². The summed E-state index contributed by atoms with van der Waals surface area (Å²) in [5.41, 5.74) is 2.60. The lowest BCUT2D eigenvalue weighted by Crippen LogP contribution is -2.50. The number of benzene rings is 1. The lowest BCUT2D eigenvalue weighted by Gasteiger charge is -2.56. The number of rotatable bonds is 6. The van der Waals surface area contributed by atoms with Crippen molar-refractivity contribution in [1.29, 1.82) is 0 Å². The number of fused-ring (bicyclic) bond motifs is 1. The zero-order valence-electron chi connectivity index (χ0n) is 19.4. The SMILES string of the molecule is Cc1cc2c(N3CCN(CCNC(=O)CC45CC6CC(CC(C6)C4)C5)CC3)cccc2o1. The van der Waals surface area contributed by atoms with Gasteiger partial charge in [0.25, 0.3) is 0 Å². The maximum Gasteiger partial charge on any atom is 0.220 e. The van der Waals surface area contributed by atoms with Crippen LogP contribution in [0.15, 0.2) is 28.7 Å². The number of anilines is 1. The van der Waals surface area contributed by atoms with Gasteiger partial charge in [-0.15, -0.1) is 0 Å². The van der Waals surface area contributed by atoms with Crippen molar-refractivity contribution in [3.63, 3.8) is 0 Å². The Balaban J connectivity index is 0.969. The molecule has 0 atom stereocenters. The predicted molar refractivity (Wildman–Crippen MR) is 128 cm³/mol. The lowest BCUT2D eigenvalue weighted by molar-refractivity contribution is -0.129. The first-order valence-corrected chi connectivity index (χ1v) is 12.8. The molecule has 5 heteroatoms. The number of carbonyl (C=O) groups excluding carboxylic acids is 1. The molecule has 1 amide bonds. The van der Waals surface area contributed by atoms with Gasteiger partial charge in [-0.2, -0.15) is 0 Å². The van der Waals surface area contributed by atoms with Gasteiger partial charge in [-0.1, -0.05) is 6.07 Å². The molecule has 2 aromatic rings. The molecule has 5 nitrogen and oxygen atoms in total. The van der Waals surface area contributed by atoms with Crippen LogP contribution >= 0.6 is 0 Å². The number of furan rings is 1. The topological polar surface area (TPSA) is 48.7 Å². The first-order chi connectivity index (χ1) is 15.6. The third-order valence-electron chi connectivity index (χ3n) is 8.83. The molecule has 32 heavy (non-hydrogen) atoms. The summed E-state index contributed by atoms with van der Waals surface area (Å²) in [6, 6.07) is 8.49. The van der Waals surface area contributed by atoms with Gasteiger partial charge in [0.05, 0.1) is 0 Å². The minimum atomic E-state index is 0.299. The van der Waals surface area contributed by atoms with Gasteiger partial charge < -0.3 is 14.6 Å². The molecule has 5 aliphatic rings. The van der Waals surface area contributed by atoms with Gasteiger partial charge >= 0.3 is 0 Å². The molecule has 4 saturated carbocycles. The lowest BCUT2D eigenvalue weighted by atomic mass is 9.49. The molecule has 0 radical (unpaired) electrons. The average Bonchev–Trinajstić information content (AvgIpc) is 3.13. The molecule has 1 aromatic carbocycles. The highest BCUT2D eigenvalue weighted by Gasteiger charge is 2.51. The van der Waals surface area contributed by atoms with Crippen LogP contribution in [0.5, 0.6) is 0 Å². The molecular formula is C27H37N3O2. The summed E-state index contributed by atoms with van der Waals surface area (Å²) in [4.78, 5) is 17.7. The quantitative estimate of drug-likeness (QED) is 0.721. The molecule has 7 rings (SSSR count). The summed E-state index contributed by atoms with van der Waals surface area (Å²) < 4.78 is 5.81. The molecule has 1 aromatic heterocycles. The molecule has 5 fully saturated rings. The molecule has 0 spiro atoms. The van der Waals surface area contributed by atoms with Crippen LogP contribution in [0.25, 0.3) is 11.0 Å². The van der Waals surface area contributed by atoms with Crippen molar-refractivity contribution in [2.45, 2.75) is 51.9 Å². The first-order valence-electron chi connectivity index (χ1n) is 12.8. The minimum Gasteiger partial charge on any atom is -0.461 e. The summed E-state index contributed by atoms with van der Waals surface area (Å²) in [5.74, 6) is 4.02. The summed E-state index contributed by atoms with van der Waals surface area (Å²) >= 11 is 0. The van der Waals surface area contributed by atoms with Gasteiger partial charge in [0.2, 0.25) is 5.91 Å². The van der Waals surface area contributed by atoms with E-state index < -0.39 is 0 Å². The van der Waals surface area contributed by atoms with Crippen molar-refractivity contribution in [2.24, 2.45) is 23.2 Å². The second-order valence-corrected chi connectivity index (χ2v) is 11.3. The Hall–Kier alpha value is -2.01. The van der Waals surface area contributed by atoms with Crippen LogP contribution in [0.1, 0.15) is 50.7 Å². The second-order valence-electron chi connectivity index (χ2n) is 11.3. The Morgan fingerprint density at radius 3 is 2.44 bits per heavy atom. The predicted octanol–water partition coefficient (Wildman–Crippen LogP) is 4.59. The minimum absolute atomic E-state index is 0.299. The maximum absolute atomic E-state index is 12.8. The third kappa shape index (κ3) is 3.93. The van der Waals surface area contributed by atoms with Crippen molar-refractivity contribution in [3.05, 3.63) is 30.0 Å². The van der Waals surface area contributed by atoms with Gasteiger partial charge in [0, 0.05) is 56.8 Å². The van der Waals surface area contributed by atoms with Crippen molar-refractivity contribution >= 4 is 22.6 Å². The van der Waals surface area contributed by atoms with E-state index in [-0.39, 0.29) is 0 Å². The van der Waals surface area contributed by atoms with E-state index in [1.165, 1.54) is 49.6 Å². The Kier molecular flexibility index (Phi) is 5.20. The fraction of sp³-hybridized carbons (Fsp3) is 0.667. The number of amides is 1. The van der Waals surface area contributed by atoms with E-state index in [1.807, 2.05) is 13.0 Å². The number of aryl methyl sites for hydroxylation is 1. The molecule has 0 unspecified atom stereocenters. The highest BCUT2D eigenvalue weighted by atomic mass is 16.3. The Morgan fingerprint density at radius 1 is 1.06 bits per heavy atom. The molecule has 1 N–H and O–H groups in total. The number of nitrogens with zero attached hydrogens (tertiary/aromatic N) is 2. The number of hydrogen-bond donors (Lipinski definition) is 1. The molecule has 4 bridgehead atoms. The maximum atomic E-state index is 12.8. The summed E-state index contributed by atoms with van der Waals surface area (Å²) in [6.07, 6.45) is 9.06. The third-order valence-corrected chi connectivity index (χ3v) is 8.83. The number of piperazine rings is 1. The standard InChI is InChI=1S/C27H37N3O2/c1-19-11-23-24(3-2-4-25(23)32-19)30-9-7-29(8-10-30)6-5-28-26(31)18-27-15-20-12-21(16-27)14-22(13-20)17-27/h2-4,11,20-22H,5-10,12-18H2,1H3,(H,28,31). The van der Waals surface area contributed by atoms with E-state index in [0.717, 1.165) is 74.8 Å². The van der Waals surface area contributed by atoms with Crippen molar-refractivity contribution in [1.82, 2.24) is 10.2 Å². The number of carbonyl (C=O) groups is 1. The van der Waals surface area contributed by atoms with E-state index >= 15 is 0 Å². The molecule has 2 heterocycles. The van der Waals surface area contributed by atoms with Crippen LogP contribution in [-0.4, -0.2) is 50.1 Å². The van der Waals surface area contributed by atoms with E-state index in [0.29, 0.717) is 11.3 Å². The van der Waals surface area contributed by atoms with Crippen LogP contribution < -0.4 is 10.2 Å². The average molecular weight is 436 g/mol. The Labute approximate surface area is 191 Å². The van der Waals surface area contributed by atoms with Crippen LogP contribution in [-0.2, 0) is 4.79 Å². The van der Waals surface area contributed by atoms with Gasteiger partial charge in [-0.25, -0.2) is 0 Å². The first kappa shape index (κ1) is 20.6. The van der Waals surface area contributed by atoms with Crippen molar-refractivity contribution in [2.75, 3.05) is 44.2 Å². The summed E-state index contributed by atoms with van der Waals surface area (Å²) in [5, 5.41) is 4.49. The summed E-state index contributed by atoms with van der Waals surface area (Å²) in [7, 11) is 0.